The third kappa shape index (κ3) is 4.17. The lowest BCUT2D eigenvalue weighted by atomic mass is 10.1. The van der Waals surface area contributed by atoms with E-state index >= 15 is 0 Å². The van der Waals surface area contributed by atoms with Gasteiger partial charge >= 0.3 is 0 Å². The van der Waals surface area contributed by atoms with E-state index in [9.17, 15) is 9.18 Å². The summed E-state index contributed by atoms with van der Waals surface area (Å²) in [4.78, 5) is 12.1. The van der Waals surface area contributed by atoms with Gasteiger partial charge in [-0.05, 0) is 73.5 Å². The summed E-state index contributed by atoms with van der Waals surface area (Å²) in [5.41, 5.74) is 3.66. The van der Waals surface area contributed by atoms with Gasteiger partial charge in [0.2, 0.25) is 0 Å². The lowest BCUT2D eigenvalue weighted by molar-refractivity contribution is 0.102. The van der Waals surface area contributed by atoms with Gasteiger partial charge in [0.1, 0.15) is 5.82 Å². The molecule has 0 aliphatic heterocycles. The number of halogens is 1. The first kappa shape index (κ1) is 16.6. The Balaban J connectivity index is 1.66. The molecule has 2 N–H and O–H groups in total. The van der Waals surface area contributed by atoms with Crippen molar-refractivity contribution in [2.75, 3.05) is 10.6 Å². The third-order valence-electron chi connectivity index (χ3n) is 3.79. The second kappa shape index (κ2) is 7.09. The summed E-state index contributed by atoms with van der Waals surface area (Å²) in [5.74, 6) is 0.130. The van der Waals surface area contributed by atoms with E-state index in [1.807, 2.05) is 25.1 Å². The summed E-state index contributed by atoms with van der Waals surface area (Å²) in [5, 5.41) is 13.8. The predicted molar refractivity (Wildman–Crippen MR) is 95.6 cm³/mol. The van der Waals surface area contributed by atoms with Crippen LogP contribution in [0, 0.1) is 19.7 Å². The average molecular weight is 336 g/mol. The molecule has 6 heteroatoms. The topological polar surface area (TPSA) is 66.9 Å². The molecule has 25 heavy (non-hydrogen) atoms. The van der Waals surface area contributed by atoms with Crippen LogP contribution in [0.4, 0.5) is 21.7 Å². The summed E-state index contributed by atoms with van der Waals surface area (Å²) in [7, 11) is 0. The summed E-state index contributed by atoms with van der Waals surface area (Å²) in [6.07, 6.45) is 0. The molecule has 0 aliphatic rings. The first-order valence-electron chi connectivity index (χ1n) is 7.76. The van der Waals surface area contributed by atoms with Crippen molar-refractivity contribution >= 4 is 23.2 Å². The van der Waals surface area contributed by atoms with Gasteiger partial charge in [0.05, 0.1) is 0 Å². The number of benzene rings is 2. The molecule has 1 heterocycles. The van der Waals surface area contributed by atoms with Crippen molar-refractivity contribution < 1.29 is 9.18 Å². The summed E-state index contributed by atoms with van der Waals surface area (Å²) in [6, 6.07) is 14.7. The average Bonchev–Trinajstić information content (AvgIpc) is 2.60. The molecule has 0 saturated heterocycles. The number of rotatable bonds is 4. The zero-order valence-electron chi connectivity index (χ0n) is 13.9. The minimum absolute atomic E-state index is 0.319. The number of aryl methyl sites for hydroxylation is 2. The minimum atomic E-state index is -0.391. The lowest BCUT2D eigenvalue weighted by Gasteiger charge is -2.08. The molecule has 3 rings (SSSR count). The fourth-order valence-corrected chi connectivity index (χ4v) is 2.22. The smallest absolute Gasteiger partial charge is 0.256 e. The molecule has 0 fully saturated rings. The highest BCUT2D eigenvalue weighted by atomic mass is 19.1. The fourth-order valence-electron chi connectivity index (χ4n) is 2.22. The van der Waals surface area contributed by atoms with Gasteiger partial charge in [0.15, 0.2) is 11.6 Å². The van der Waals surface area contributed by atoms with Gasteiger partial charge < -0.3 is 10.6 Å². The highest BCUT2D eigenvalue weighted by Gasteiger charge is 2.07. The normalized spacial score (nSPS) is 10.4. The van der Waals surface area contributed by atoms with E-state index in [1.54, 1.807) is 12.1 Å². The summed E-state index contributed by atoms with van der Waals surface area (Å²) >= 11 is 0. The largest absolute Gasteiger partial charge is 0.339 e. The summed E-state index contributed by atoms with van der Waals surface area (Å²) in [6.45, 7) is 4.10. The van der Waals surface area contributed by atoms with Crippen molar-refractivity contribution in [3.05, 3.63) is 77.1 Å². The van der Waals surface area contributed by atoms with E-state index in [0.717, 1.165) is 5.69 Å². The minimum Gasteiger partial charge on any atom is -0.339 e. The number of amides is 1. The molecule has 3 aromatic rings. The molecule has 126 valence electrons. The van der Waals surface area contributed by atoms with Gasteiger partial charge in [-0.2, -0.15) is 0 Å². The van der Waals surface area contributed by atoms with Gasteiger partial charge in [-0.25, -0.2) is 4.39 Å². The fraction of sp³-hybridized carbons (Fsp3) is 0.105. The van der Waals surface area contributed by atoms with Crippen LogP contribution in [-0.4, -0.2) is 16.1 Å². The van der Waals surface area contributed by atoms with Crippen LogP contribution < -0.4 is 10.6 Å². The van der Waals surface area contributed by atoms with Gasteiger partial charge in [0.25, 0.3) is 5.91 Å². The number of hydrogen-bond acceptors (Lipinski definition) is 4. The van der Waals surface area contributed by atoms with E-state index in [-0.39, 0.29) is 5.91 Å². The van der Waals surface area contributed by atoms with E-state index in [2.05, 4.69) is 27.8 Å². The molecular weight excluding hydrogens is 319 g/mol. The van der Waals surface area contributed by atoms with Crippen LogP contribution in [0.3, 0.4) is 0 Å². The predicted octanol–water partition coefficient (Wildman–Crippen LogP) is 4.23. The third-order valence-corrected chi connectivity index (χ3v) is 3.79. The van der Waals surface area contributed by atoms with Crippen LogP contribution >= 0.6 is 0 Å². The molecule has 0 spiro atoms. The number of carbonyl (C=O) groups excluding carboxylic acids is 1. The second-order valence-corrected chi connectivity index (χ2v) is 5.69. The van der Waals surface area contributed by atoms with Crippen molar-refractivity contribution in [2.24, 2.45) is 0 Å². The van der Waals surface area contributed by atoms with Crippen LogP contribution in [0.2, 0.25) is 0 Å². The van der Waals surface area contributed by atoms with E-state index < -0.39 is 5.82 Å². The molecule has 0 bridgehead atoms. The van der Waals surface area contributed by atoms with Crippen molar-refractivity contribution in [1.82, 2.24) is 10.2 Å². The Morgan fingerprint density at radius 1 is 0.880 bits per heavy atom. The molecule has 1 aromatic heterocycles. The standard InChI is InChI=1S/C19H17FN4O/c1-12-3-8-16(11-13(12)2)21-17-9-10-18(24-23-17)22-19(25)14-4-6-15(20)7-5-14/h3-11H,1-2H3,(H,21,23)(H,22,24,25). The Bertz CT molecular complexity index is 892. The molecule has 0 unspecified atom stereocenters. The maximum Gasteiger partial charge on any atom is 0.256 e. The number of carbonyl (C=O) groups is 1. The summed E-state index contributed by atoms with van der Waals surface area (Å²) < 4.78 is 12.9. The molecule has 0 aliphatic carbocycles. The zero-order chi connectivity index (χ0) is 17.8. The van der Waals surface area contributed by atoms with Gasteiger partial charge in [-0.15, -0.1) is 10.2 Å². The first-order valence-corrected chi connectivity index (χ1v) is 7.76. The van der Waals surface area contributed by atoms with E-state index in [4.69, 9.17) is 0 Å². The lowest BCUT2D eigenvalue weighted by Crippen LogP contribution is -2.13. The Kier molecular flexibility index (Phi) is 4.70. The van der Waals surface area contributed by atoms with E-state index in [0.29, 0.717) is 17.2 Å². The van der Waals surface area contributed by atoms with Crippen molar-refractivity contribution in [3.63, 3.8) is 0 Å². The van der Waals surface area contributed by atoms with Gasteiger partial charge in [-0.1, -0.05) is 6.07 Å². The molecule has 1 amide bonds. The molecule has 0 atom stereocenters. The quantitative estimate of drug-likeness (QED) is 0.748. The first-order chi connectivity index (χ1) is 12.0. The Labute approximate surface area is 144 Å². The second-order valence-electron chi connectivity index (χ2n) is 5.69. The van der Waals surface area contributed by atoms with Crippen molar-refractivity contribution in [3.8, 4) is 0 Å². The van der Waals surface area contributed by atoms with Crippen molar-refractivity contribution in [2.45, 2.75) is 13.8 Å². The molecule has 0 saturated carbocycles. The Hall–Kier alpha value is -3.28. The maximum atomic E-state index is 12.9. The van der Waals surface area contributed by atoms with E-state index in [1.165, 1.54) is 35.4 Å². The molecule has 5 nitrogen and oxygen atoms in total. The van der Waals surface area contributed by atoms with Crippen LogP contribution in [-0.2, 0) is 0 Å². The number of anilines is 3. The monoisotopic (exact) mass is 336 g/mol. The Morgan fingerprint density at radius 2 is 1.56 bits per heavy atom. The van der Waals surface area contributed by atoms with Gasteiger partial charge in [0, 0.05) is 11.3 Å². The number of aromatic nitrogens is 2. The number of hydrogen-bond donors (Lipinski definition) is 2. The SMILES string of the molecule is Cc1ccc(Nc2ccc(NC(=O)c3ccc(F)cc3)nn2)cc1C. The number of nitrogens with one attached hydrogen (secondary N) is 2. The van der Waals surface area contributed by atoms with Crippen molar-refractivity contribution in [1.29, 1.82) is 0 Å². The zero-order valence-corrected chi connectivity index (χ0v) is 13.9. The van der Waals surface area contributed by atoms with Crippen LogP contribution in [0.1, 0.15) is 21.5 Å². The van der Waals surface area contributed by atoms with Crippen LogP contribution in [0.15, 0.2) is 54.6 Å². The molecule has 0 radical (unpaired) electrons. The maximum absolute atomic E-state index is 12.9. The molecule has 2 aromatic carbocycles. The van der Waals surface area contributed by atoms with Gasteiger partial charge in [-0.3, -0.25) is 4.79 Å². The van der Waals surface area contributed by atoms with Crippen LogP contribution in [0.25, 0.3) is 0 Å². The Morgan fingerprint density at radius 3 is 2.20 bits per heavy atom. The highest BCUT2D eigenvalue weighted by Crippen LogP contribution is 2.18. The molecular formula is C19H17FN4O. The van der Waals surface area contributed by atoms with Crippen LogP contribution in [0.5, 0.6) is 0 Å². The number of nitrogens with zero attached hydrogens (tertiary/aromatic N) is 2. The highest BCUT2D eigenvalue weighted by molar-refractivity contribution is 6.03.